The molecule has 1 aliphatic carbocycles. The largest absolute Gasteiger partial charge is 0.444 e. The quantitative estimate of drug-likeness (QED) is 0.294. The van der Waals surface area contributed by atoms with Crippen LogP contribution in [0.25, 0.3) is 10.9 Å². The Labute approximate surface area is 248 Å². The summed E-state index contributed by atoms with van der Waals surface area (Å²) in [4.78, 5) is 50.1. The summed E-state index contributed by atoms with van der Waals surface area (Å²) in [5.41, 5.74) is 7.19. The molecule has 2 unspecified atom stereocenters. The zero-order valence-corrected chi connectivity index (χ0v) is 25.2. The average Bonchev–Trinajstić information content (AvgIpc) is 3.52. The number of ketones is 1. The van der Waals surface area contributed by atoms with Crippen molar-refractivity contribution >= 4 is 51.6 Å². The Bertz CT molecular complexity index is 1460. The molecule has 0 bridgehead atoms. The van der Waals surface area contributed by atoms with Crippen LogP contribution in [-0.2, 0) is 17.7 Å². The van der Waals surface area contributed by atoms with Gasteiger partial charge in [0.15, 0.2) is 5.01 Å². The number of hydrogen-bond acceptors (Lipinski definition) is 8. The van der Waals surface area contributed by atoms with Crippen molar-refractivity contribution in [1.82, 2.24) is 25.5 Å². The maximum atomic E-state index is 13.9. The maximum absolute atomic E-state index is 13.9. The Balaban J connectivity index is 1.23. The van der Waals surface area contributed by atoms with Gasteiger partial charge in [-0.2, -0.15) is 0 Å². The number of carbonyl (C=O) groups is 3. The smallest absolute Gasteiger partial charge is 0.407 e. The van der Waals surface area contributed by atoms with Crippen molar-refractivity contribution in [3.63, 3.8) is 0 Å². The van der Waals surface area contributed by atoms with Crippen molar-refractivity contribution in [1.29, 1.82) is 0 Å². The van der Waals surface area contributed by atoms with Gasteiger partial charge in [0, 0.05) is 53.4 Å². The van der Waals surface area contributed by atoms with Crippen molar-refractivity contribution in [2.75, 3.05) is 19.6 Å². The first kappa shape index (κ1) is 29.5. The van der Waals surface area contributed by atoms with E-state index in [1.807, 2.05) is 26.8 Å². The lowest BCUT2D eigenvalue weighted by atomic mass is 9.75. The van der Waals surface area contributed by atoms with Crippen LogP contribution < -0.4 is 16.4 Å². The van der Waals surface area contributed by atoms with Crippen molar-refractivity contribution in [3.05, 3.63) is 50.6 Å². The number of fused-ring (bicyclic) bond motifs is 2. The number of ether oxygens (including phenoxy) is 1. The summed E-state index contributed by atoms with van der Waals surface area (Å²) in [6, 6.07) is 6.63. The van der Waals surface area contributed by atoms with Crippen LogP contribution >= 0.6 is 22.9 Å². The van der Waals surface area contributed by atoms with Crippen molar-refractivity contribution in [3.8, 4) is 0 Å². The number of H-pyrrole nitrogens is 1. The number of amides is 2. The molecular weight excluding hydrogens is 564 g/mol. The number of rotatable bonds is 7. The number of Topliss-reactive ketones (excluding diaryl/α,β-unsaturated/α-hetero) is 1. The van der Waals surface area contributed by atoms with Gasteiger partial charge in [0.05, 0.1) is 11.7 Å². The van der Waals surface area contributed by atoms with Crippen LogP contribution in [0.15, 0.2) is 24.3 Å². The second kappa shape index (κ2) is 11.7. The van der Waals surface area contributed by atoms with Gasteiger partial charge in [-0.1, -0.05) is 24.4 Å². The van der Waals surface area contributed by atoms with E-state index in [-0.39, 0.29) is 11.7 Å². The van der Waals surface area contributed by atoms with Crippen LogP contribution in [0.1, 0.15) is 77.3 Å². The molecule has 0 radical (unpaired) electrons. The van der Waals surface area contributed by atoms with Gasteiger partial charge in [0.2, 0.25) is 5.78 Å². The maximum Gasteiger partial charge on any atom is 0.407 e. The van der Waals surface area contributed by atoms with Crippen LogP contribution in [0.3, 0.4) is 0 Å². The summed E-state index contributed by atoms with van der Waals surface area (Å²) < 4.78 is 5.30. The van der Waals surface area contributed by atoms with E-state index in [0.717, 1.165) is 40.9 Å². The van der Waals surface area contributed by atoms with Gasteiger partial charge in [-0.25, -0.2) is 9.78 Å². The highest BCUT2D eigenvalue weighted by atomic mass is 35.5. The van der Waals surface area contributed by atoms with E-state index >= 15 is 0 Å². The molecule has 0 spiro atoms. The number of aromatic amines is 1. The first-order valence-corrected chi connectivity index (χ1v) is 15.2. The van der Waals surface area contributed by atoms with E-state index in [9.17, 15) is 14.4 Å². The lowest BCUT2D eigenvalue weighted by Crippen LogP contribution is -2.64. The number of nitrogens with two attached hydrogens (primary N) is 1. The molecule has 1 aliphatic heterocycles. The zero-order valence-electron chi connectivity index (χ0n) is 23.6. The monoisotopic (exact) mass is 600 g/mol. The summed E-state index contributed by atoms with van der Waals surface area (Å²) in [6.07, 6.45) is 3.06. The highest BCUT2D eigenvalue weighted by Gasteiger charge is 2.46. The molecule has 1 fully saturated rings. The van der Waals surface area contributed by atoms with Crippen molar-refractivity contribution in [2.24, 2.45) is 5.73 Å². The summed E-state index contributed by atoms with van der Waals surface area (Å²) in [7, 11) is 0. The Hall–Kier alpha value is -2.99. The molecule has 41 heavy (non-hydrogen) atoms. The Kier molecular flexibility index (Phi) is 8.43. The van der Waals surface area contributed by atoms with Gasteiger partial charge in [-0.15, -0.1) is 11.3 Å². The minimum absolute atomic E-state index is 0.219. The minimum Gasteiger partial charge on any atom is -0.444 e. The van der Waals surface area contributed by atoms with E-state index in [4.69, 9.17) is 27.1 Å². The van der Waals surface area contributed by atoms with Crippen molar-refractivity contribution in [2.45, 2.75) is 76.6 Å². The van der Waals surface area contributed by atoms with Gasteiger partial charge < -0.3 is 26.1 Å². The van der Waals surface area contributed by atoms with Gasteiger partial charge in [0.25, 0.3) is 5.91 Å². The molecule has 1 aromatic carbocycles. The SMILES string of the molecule is CC(C)(C)OC(=O)NCCN1CCc2nc(C(=O)C3(N)CCCCC3NC(=O)c3cc4cc(Cl)ccc4[nH]3)sc2C1. The van der Waals surface area contributed by atoms with Crippen LogP contribution in [-0.4, -0.2) is 69.5 Å². The predicted molar refractivity (Wildman–Crippen MR) is 160 cm³/mol. The first-order valence-electron chi connectivity index (χ1n) is 14.0. The molecule has 2 aliphatic rings. The minimum atomic E-state index is -1.24. The lowest BCUT2D eigenvalue weighted by Gasteiger charge is -2.39. The number of nitrogens with one attached hydrogen (secondary N) is 3. The van der Waals surface area contributed by atoms with Gasteiger partial charge in [-0.3, -0.25) is 14.5 Å². The van der Waals surface area contributed by atoms with Crippen molar-refractivity contribution < 1.29 is 19.1 Å². The first-order chi connectivity index (χ1) is 19.4. The van der Waals surface area contributed by atoms with Crippen LogP contribution in [0.2, 0.25) is 5.02 Å². The number of benzene rings is 1. The molecule has 10 nitrogen and oxygen atoms in total. The Morgan fingerprint density at radius 2 is 2.07 bits per heavy atom. The highest BCUT2D eigenvalue weighted by molar-refractivity contribution is 7.13. The van der Waals surface area contributed by atoms with Gasteiger partial charge in [-0.05, 0) is 57.9 Å². The average molecular weight is 601 g/mol. The molecule has 2 aromatic heterocycles. The molecule has 3 aromatic rings. The molecule has 1 saturated carbocycles. The van der Waals surface area contributed by atoms with E-state index in [2.05, 4.69) is 20.5 Å². The summed E-state index contributed by atoms with van der Waals surface area (Å²) in [5.74, 6) is -0.524. The predicted octanol–water partition coefficient (Wildman–Crippen LogP) is 4.41. The number of nitrogens with zero attached hydrogens (tertiary/aromatic N) is 2. The highest BCUT2D eigenvalue weighted by Crippen LogP contribution is 2.33. The van der Waals surface area contributed by atoms with Crippen LogP contribution in [0.5, 0.6) is 0 Å². The number of alkyl carbamates (subject to hydrolysis) is 1. The molecule has 12 heteroatoms. The third-order valence-electron chi connectivity index (χ3n) is 7.61. The van der Waals surface area contributed by atoms with E-state index in [1.165, 1.54) is 11.3 Å². The topological polar surface area (TPSA) is 142 Å². The molecular formula is C29H37ClN6O4S. The third-order valence-corrected chi connectivity index (χ3v) is 8.93. The standard InChI is InChI=1S/C29H37ClN6O4S/c1-28(2,3)40-27(39)32-11-13-36-12-9-20-22(16-36)41-26(34-20)24(37)29(31)10-5-4-6-23(29)35-25(38)21-15-17-14-18(30)7-8-19(17)33-21/h7-8,14-15,23,33H,4-6,9-13,16,31H2,1-3H3,(H,32,39)(H,35,38). The molecule has 5 N–H and O–H groups in total. The Morgan fingerprint density at radius 1 is 1.27 bits per heavy atom. The molecule has 220 valence electrons. The Morgan fingerprint density at radius 3 is 2.85 bits per heavy atom. The van der Waals surface area contributed by atoms with Crippen LogP contribution in [0, 0.1) is 0 Å². The fourth-order valence-corrected chi connectivity index (χ4v) is 6.86. The second-order valence-electron chi connectivity index (χ2n) is 11.9. The number of aromatic nitrogens is 2. The normalized spacial score (nSPS) is 21.3. The van der Waals surface area contributed by atoms with Gasteiger partial charge >= 0.3 is 6.09 Å². The molecule has 5 rings (SSSR count). The van der Waals surface area contributed by atoms with E-state index in [0.29, 0.717) is 54.6 Å². The van der Waals surface area contributed by atoms with E-state index in [1.54, 1.807) is 18.2 Å². The van der Waals surface area contributed by atoms with Crippen LogP contribution in [0.4, 0.5) is 4.79 Å². The fraction of sp³-hybridized carbons (Fsp3) is 0.517. The number of halogens is 1. The molecule has 2 atom stereocenters. The summed E-state index contributed by atoms with van der Waals surface area (Å²) in [6.45, 7) is 8.05. The summed E-state index contributed by atoms with van der Waals surface area (Å²) >= 11 is 7.48. The molecule has 0 saturated heterocycles. The number of hydrogen-bond donors (Lipinski definition) is 4. The molecule has 3 heterocycles. The van der Waals surface area contributed by atoms with E-state index < -0.39 is 23.3 Å². The fourth-order valence-electron chi connectivity index (χ4n) is 5.50. The zero-order chi connectivity index (χ0) is 29.4. The third kappa shape index (κ3) is 6.74. The molecule has 2 amide bonds. The number of thiazole rings is 1. The second-order valence-corrected chi connectivity index (χ2v) is 13.4. The lowest BCUT2D eigenvalue weighted by molar-refractivity contribution is 0.0520. The van der Waals surface area contributed by atoms with Gasteiger partial charge in [0.1, 0.15) is 16.8 Å². The summed E-state index contributed by atoms with van der Waals surface area (Å²) in [5, 5.41) is 7.66. The number of carbonyl (C=O) groups excluding carboxylic acids is 3.